The van der Waals surface area contributed by atoms with E-state index in [4.69, 9.17) is 11.2 Å². The van der Waals surface area contributed by atoms with Crippen molar-refractivity contribution in [2.75, 3.05) is 7.11 Å². The molecular formula is C16H14OS. The van der Waals surface area contributed by atoms with Crippen LogP contribution in [-0.4, -0.2) is 7.11 Å². The molecule has 0 aliphatic heterocycles. The molecule has 0 fully saturated rings. The van der Waals surface area contributed by atoms with Crippen molar-refractivity contribution in [3.05, 3.63) is 59.7 Å². The Morgan fingerprint density at radius 3 is 2.28 bits per heavy atom. The molecule has 0 aliphatic rings. The number of terminal acetylenes is 1. The second-order valence-electron chi connectivity index (χ2n) is 3.81. The average molecular weight is 254 g/mol. The Hall–Kier alpha value is -1.85. The van der Waals surface area contributed by atoms with Gasteiger partial charge in [0.2, 0.25) is 0 Å². The molecule has 18 heavy (non-hydrogen) atoms. The summed E-state index contributed by atoms with van der Waals surface area (Å²) in [6.45, 7) is 0. The Bertz CT molecular complexity index is 535. The number of methoxy groups -OCH3 is 1. The molecule has 2 rings (SSSR count). The van der Waals surface area contributed by atoms with Crippen molar-refractivity contribution in [2.45, 2.75) is 10.6 Å². The van der Waals surface area contributed by atoms with E-state index in [0.29, 0.717) is 0 Å². The van der Waals surface area contributed by atoms with Crippen molar-refractivity contribution in [3.8, 4) is 18.1 Å². The van der Waals surface area contributed by atoms with Crippen molar-refractivity contribution in [1.82, 2.24) is 0 Å². The predicted molar refractivity (Wildman–Crippen MR) is 76.9 cm³/mol. The summed E-state index contributed by atoms with van der Waals surface area (Å²) < 4.78 is 5.13. The van der Waals surface area contributed by atoms with E-state index in [0.717, 1.165) is 17.1 Å². The fraction of sp³-hybridized carbons (Fsp3) is 0.125. The monoisotopic (exact) mass is 254 g/mol. The Balaban J connectivity index is 1.95. The molecule has 0 saturated carbocycles. The SMILES string of the molecule is C#Cc1ccc(SCc2ccc(OC)cc2)cc1. The second-order valence-corrected chi connectivity index (χ2v) is 4.85. The molecule has 0 radical (unpaired) electrons. The van der Waals surface area contributed by atoms with Crippen LogP contribution in [0.4, 0.5) is 0 Å². The summed E-state index contributed by atoms with van der Waals surface area (Å²) in [4.78, 5) is 1.23. The lowest BCUT2D eigenvalue weighted by Gasteiger charge is -2.04. The van der Waals surface area contributed by atoms with Crippen molar-refractivity contribution in [2.24, 2.45) is 0 Å². The van der Waals surface area contributed by atoms with Crippen molar-refractivity contribution in [1.29, 1.82) is 0 Å². The quantitative estimate of drug-likeness (QED) is 0.603. The van der Waals surface area contributed by atoms with Gasteiger partial charge in [-0.15, -0.1) is 18.2 Å². The molecule has 2 aromatic rings. The molecule has 1 nitrogen and oxygen atoms in total. The molecule has 0 heterocycles. The van der Waals surface area contributed by atoms with Crippen LogP contribution in [0.5, 0.6) is 5.75 Å². The van der Waals surface area contributed by atoms with E-state index in [-0.39, 0.29) is 0 Å². The number of hydrogen-bond donors (Lipinski definition) is 0. The Labute approximate surface area is 112 Å². The van der Waals surface area contributed by atoms with E-state index >= 15 is 0 Å². The molecule has 0 amide bonds. The first-order valence-corrected chi connectivity index (χ1v) is 6.63. The fourth-order valence-electron chi connectivity index (χ4n) is 1.54. The normalized spacial score (nSPS) is 9.78. The van der Waals surface area contributed by atoms with Crippen LogP contribution in [0.2, 0.25) is 0 Å². The van der Waals surface area contributed by atoms with Gasteiger partial charge in [-0.3, -0.25) is 0 Å². The molecule has 0 spiro atoms. The molecule has 0 aromatic heterocycles. The minimum atomic E-state index is 0.891. The maximum Gasteiger partial charge on any atom is 0.118 e. The number of hydrogen-bond acceptors (Lipinski definition) is 2. The van der Waals surface area contributed by atoms with E-state index in [9.17, 15) is 0 Å². The summed E-state index contributed by atoms with van der Waals surface area (Å²) in [6.07, 6.45) is 5.32. The number of rotatable bonds is 4. The van der Waals surface area contributed by atoms with Crippen LogP contribution < -0.4 is 4.74 Å². The number of thioether (sulfide) groups is 1. The Morgan fingerprint density at radius 1 is 1.06 bits per heavy atom. The van der Waals surface area contributed by atoms with Gasteiger partial charge < -0.3 is 4.74 Å². The lowest BCUT2D eigenvalue weighted by Crippen LogP contribution is -1.84. The summed E-state index contributed by atoms with van der Waals surface area (Å²) in [7, 11) is 1.68. The highest BCUT2D eigenvalue weighted by Crippen LogP contribution is 2.24. The van der Waals surface area contributed by atoms with E-state index < -0.39 is 0 Å². The van der Waals surface area contributed by atoms with Crippen molar-refractivity contribution in [3.63, 3.8) is 0 Å². The minimum Gasteiger partial charge on any atom is -0.497 e. The number of benzene rings is 2. The van der Waals surface area contributed by atoms with Gasteiger partial charge in [-0.1, -0.05) is 18.1 Å². The smallest absolute Gasteiger partial charge is 0.118 e. The summed E-state index contributed by atoms with van der Waals surface area (Å²) in [5, 5.41) is 0. The third kappa shape index (κ3) is 3.32. The van der Waals surface area contributed by atoms with Gasteiger partial charge in [0.05, 0.1) is 7.11 Å². The van der Waals surface area contributed by atoms with Crippen LogP contribution in [0.15, 0.2) is 53.4 Å². The molecular weight excluding hydrogens is 240 g/mol. The van der Waals surface area contributed by atoms with Gasteiger partial charge in [-0.25, -0.2) is 0 Å². The van der Waals surface area contributed by atoms with Gasteiger partial charge in [-0.05, 0) is 42.0 Å². The minimum absolute atomic E-state index is 0.891. The zero-order valence-electron chi connectivity index (χ0n) is 10.2. The lowest BCUT2D eigenvalue weighted by atomic mass is 10.2. The molecule has 0 aliphatic carbocycles. The maximum absolute atomic E-state index is 5.32. The Morgan fingerprint density at radius 2 is 1.72 bits per heavy atom. The first-order valence-electron chi connectivity index (χ1n) is 5.64. The van der Waals surface area contributed by atoms with Crippen LogP contribution in [-0.2, 0) is 5.75 Å². The van der Waals surface area contributed by atoms with Crippen molar-refractivity contribution < 1.29 is 4.74 Å². The van der Waals surface area contributed by atoms with E-state index in [1.807, 2.05) is 24.3 Å². The molecule has 0 bridgehead atoms. The summed E-state index contributed by atoms with van der Waals surface area (Å²) in [6, 6.07) is 16.2. The zero-order valence-corrected chi connectivity index (χ0v) is 11.0. The third-order valence-electron chi connectivity index (χ3n) is 2.59. The van der Waals surface area contributed by atoms with E-state index in [2.05, 4.69) is 30.2 Å². The van der Waals surface area contributed by atoms with Gasteiger partial charge in [0.15, 0.2) is 0 Å². The van der Waals surface area contributed by atoms with Crippen LogP contribution in [0.1, 0.15) is 11.1 Å². The van der Waals surface area contributed by atoms with E-state index in [1.165, 1.54) is 10.5 Å². The van der Waals surface area contributed by atoms with Crippen LogP contribution in [0, 0.1) is 12.3 Å². The standard InChI is InChI=1S/C16H14OS/c1-3-13-6-10-16(11-7-13)18-12-14-4-8-15(17-2)9-5-14/h1,4-11H,12H2,2H3. The zero-order chi connectivity index (χ0) is 12.8. The summed E-state index contributed by atoms with van der Waals surface area (Å²) in [5.74, 6) is 4.45. The first-order chi connectivity index (χ1) is 8.81. The largest absolute Gasteiger partial charge is 0.497 e. The highest BCUT2D eigenvalue weighted by atomic mass is 32.2. The van der Waals surface area contributed by atoms with Gasteiger partial charge in [0.1, 0.15) is 5.75 Å². The molecule has 0 N–H and O–H groups in total. The van der Waals surface area contributed by atoms with Gasteiger partial charge in [0.25, 0.3) is 0 Å². The molecule has 0 atom stereocenters. The van der Waals surface area contributed by atoms with Gasteiger partial charge in [-0.2, -0.15) is 0 Å². The van der Waals surface area contributed by atoms with Gasteiger partial charge >= 0.3 is 0 Å². The second kappa shape index (κ2) is 6.18. The molecule has 90 valence electrons. The van der Waals surface area contributed by atoms with Crippen LogP contribution in [0.3, 0.4) is 0 Å². The predicted octanol–water partition coefficient (Wildman–Crippen LogP) is 3.97. The summed E-state index contributed by atoms with van der Waals surface area (Å²) in [5.41, 5.74) is 2.20. The molecule has 2 aromatic carbocycles. The Kier molecular flexibility index (Phi) is 4.33. The maximum atomic E-state index is 5.32. The highest BCUT2D eigenvalue weighted by molar-refractivity contribution is 7.98. The summed E-state index contributed by atoms with van der Waals surface area (Å²) >= 11 is 1.80. The van der Waals surface area contributed by atoms with Crippen LogP contribution >= 0.6 is 11.8 Å². The van der Waals surface area contributed by atoms with Crippen LogP contribution in [0.25, 0.3) is 0 Å². The molecule has 2 heteroatoms. The van der Waals surface area contributed by atoms with E-state index in [1.54, 1.807) is 18.9 Å². The molecule has 0 saturated heterocycles. The van der Waals surface area contributed by atoms with Crippen molar-refractivity contribution >= 4 is 11.8 Å². The topological polar surface area (TPSA) is 9.23 Å². The number of ether oxygens (including phenoxy) is 1. The third-order valence-corrected chi connectivity index (χ3v) is 3.67. The molecule has 0 unspecified atom stereocenters. The lowest BCUT2D eigenvalue weighted by molar-refractivity contribution is 0.414. The average Bonchev–Trinajstić information content (AvgIpc) is 2.46. The highest BCUT2D eigenvalue weighted by Gasteiger charge is 1.97. The van der Waals surface area contributed by atoms with Gasteiger partial charge in [0, 0.05) is 16.2 Å². The first kappa shape index (κ1) is 12.6. The fourth-order valence-corrected chi connectivity index (χ4v) is 2.39.